The summed E-state index contributed by atoms with van der Waals surface area (Å²) in [6, 6.07) is 4.43. The third kappa shape index (κ3) is 5.21. The lowest BCUT2D eigenvalue weighted by Crippen LogP contribution is -2.74. The summed E-state index contributed by atoms with van der Waals surface area (Å²) in [4.78, 5) is 0. The topological polar surface area (TPSA) is 9.23 Å². The average molecular weight is 624 g/mol. The van der Waals surface area contributed by atoms with Gasteiger partial charge in [0.15, 0.2) is 0 Å². The smallest absolute Gasteiger partial charge is 0.374 e. The third-order valence-electron chi connectivity index (χ3n) is 6.16. The Hall–Kier alpha value is -2.01. The molecule has 1 nitrogen and oxygen atoms in total. The van der Waals surface area contributed by atoms with Gasteiger partial charge in [0.05, 0.1) is 12.0 Å². The van der Waals surface area contributed by atoms with Crippen LogP contribution in [0.2, 0.25) is 0 Å². The van der Waals surface area contributed by atoms with E-state index in [2.05, 4.69) is 4.74 Å². The fraction of sp³-hybridized carbons (Fsp3) is 0.727. The van der Waals surface area contributed by atoms with E-state index in [0.29, 0.717) is 19.6 Å². The predicted octanol–water partition coefficient (Wildman–Crippen LogP) is 9.25. The molecular weight excluding hydrogens is 603 g/mol. The minimum Gasteiger partial charge on any atom is -0.374 e. The highest BCUT2D eigenvalue weighted by Gasteiger charge is 2.95. The number of hydrogen-bond donors (Lipinski definition) is 0. The second kappa shape index (κ2) is 9.78. The van der Waals surface area contributed by atoms with Gasteiger partial charge in [0.25, 0.3) is 0 Å². The second-order valence-electron chi connectivity index (χ2n) is 10.1. The zero-order valence-corrected chi connectivity index (χ0v) is 20.9. The Bertz CT molecular complexity index is 1030. The number of methoxy groups -OCH3 is 1. The molecule has 1 unspecified atom stereocenters. The average Bonchev–Trinajstić information content (AvgIpc) is 2.76. The molecule has 0 aliphatic rings. The molecule has 1 aromatic carbocycles. The van der Waals surface area contributed by atoms with Crippen molar-refractivity contribution in [3.05, 3.63) is 35.4 Å². The van der Waals surface area contributed by atoms with Crippen molar-refractivity contribution in [3.63, 3.8) is 0 Å². The molecule has 0 radical (unpaired) electrons. The molecule has 0 aliphatic carbocycles. The highest BCUT2D eigenvalue weighted by Crippen LogP contribution is 2.64. The Labute approximate surface area is 215 Å². The van der Waals surface area contributed by atoms with Crippen molar-refractivity contribution in [2.75, 3.05) is 7.11 Å². The fourth-order valence-electron chi connectivity index (χ4n) is 3.35. The van der Waals surface area contributed by atoms with Gasteiger partial charge in [-0.3, -0.25) is 0 Å². The molecule has 0 saturated carbocycles. The maximum Gasteiger partial charge on any atom is 0.460 e. The number of alkyl halides is 17. The Morgan fingerprint density at radius 1 is 0.475 bits per heavy atom. The number of halogens is 17. The first-order valence-corrected chi connectivity index (χ1v) is 10.6. The molecule has 0 aromatic heterocycles. The van der Waals surface area contributed by atoms with Gasteiger partial charge in [-0.25, -0.2) is 0 Å². The molecule has 234 valence electrons. The first-order chi connectivity index (χ1) is 17.2. The Balaban J connectivity index is 3.65. The first kappa shape index (κ1) is 36.0. The lowest BCUT2D eigenvalue weighted by atomic mass is 9.81. The maximum absolute atomic E-state index is 14.6. The maximum atomic E-state index is 14.6. The van der Waals surface area contributed by atoms with Gasteiger partial charge >= 0.3 is 47.6 Å². The van der Waals surface area contributed by atoms with Gasteiger partial charge in [-0.2, -0.15) is 74.6 Å². The number of ether oxygens (including phenoxy) is 1. The summed E-state index contributed by atoms with van der Waals surface area (Å²) in [6.07, 6.45) is -10.5. The van der Waals surface area contributed by atoms with E-state index in [1.165, 1.54) is 12.1 Å². The molecule has 0 fully saturated rings. The van der Waals surface area contributed by atoms with Crippen LogP contribution in [0.4, 0.5) is 74.6 Å². The van der Waals surface area contributed by atoms with E-state index in [9.17, 15) is 74.6 Å². The van der Waals surface area contributed by atoms with Crippen LogP contribution in [0, 0.1) is 0 Å². The monoisotopic (exact) mass is 624 g/mol. The minimum atomic E-state index is -8.66. The largest absolute Gasteiger partial charge is 0.460 e. The van der Waals surface area contributed by atoms with Crippen molar-refractivity contribution in [2.45, 2.75) is 92.8 Å². The highest BCUT2D eigenvalue weighted by molar-refractivity contribution is 5.31. The summed E-state index contributed by atoms with van der Waals surface area (Å²) < 4.78 is 235. The molecule has 0 aliphatic heterocycles. The van der Waals surface area contributed by atoms with Crippen molar-refractivity contribution in [3.8, 4) is 0 Å². The van der Waals surface area contributed by atoms with E-state index in [4.69, 9.17) is 0 Å². The van der Waals surface area contributed by atoms with Crippen molar-refractivity contribution in [1.82, 2.24) is 0 Å². The molecule has 0 saturated heterocycles. The second-order valence-corrected chi connectivity index (χ2v) is 10.1. The van der Waals surface area contributed by atoms with Crippen LogP contribution in [0.5, 0.6) is 0 Å². The summed E-state index contributed by atoms with van der Waals surface area (Å²) >= 11 is 0. The van der Waals surface area contributed by atoms with Crippen molar-refractivity contribution >= 4 is 0 Å². The molecule has 1 aromatic rings. The van der Waals surface area contributed by atoms with Crippen LogP contribution in [0.15, 0.2) is 24.3 Å². The Kier molecular flexibility index (Phi) is 8.81. The quantitative estimate of drug-likeness (QED) is 0.236. The molecule has 0 bridgehead atoms. The predicted molar refractivity (Wildman–Crippen MR) is 105 cm³/mol. The van der Waals surface area contributed by atoms with Crippen molar-refractivity contribution in [2.24, 2.45) is 0 Å². The summed E-state index contributed by atoms with van der Waals surface area (Å²) in [5.74, 6) is -56.7. The standard InChI is InChI=1S/C22H21F17O/c1-13(2,3)11-6-8-12(9-7-11)14(4,40-5)10-15(23,24)16(25,26)17(27,28)18(29,30)19(31,32)20(33,34)21(35,36)22(37,38)39/h6-9H,10H2,1-5H3. The van der Waals surface area contributed by atoms with Crippen LogP contribution in [0.1, 0.15) is 45.2 Å². The highest BCUT2D eigenvalue weighted by atomic mass is 19.4. The van der Waals surface area contributed by atoms with Gasteiger partial charge in [0.2, 0.25) is 0 Å². The van der Waals surface area contributed by atoms with E-state index in [1.807, 2.05) is 0 Å². The molecule has 0 heterocycles. The zero-order chi connectivity index (χ0) is 32.4. The molecule has 0 N–H and O–H groups in total. The van der Waals surface area contributed by atoms with E-state index in [-0.39, 0.29) is 0 Å². The van der Waals surface area contributed by atoms with E-state index < -0.39 is 70.6 Å². The van der Waals surface area contributed by atoms with Gasteiger partial charge in [0, 0.05) is 7.11 Å². The van der Waals surface area contributed by atoms with Crippen LogP contribution in [0.25, 0.3) is 0 Å². The normalized spacial score (nSPS) is 17.1. The number of rotatable bonds is 10. The van der Waals surface area contributed by atoms with E-state index in [1.54, 1.807) is 20.8 Å². The van der Waals surface area contributed by atoms with Crippen molar-refractivity contribution < 1.29 is 79.4 Å². The van der Waals surface area contributed by atoms with Crippen molar-refractivity contribution in [1.29, 1.82) is 0 Å². The molecular formula is C22H21F17O. The molecule has 18 heteroatoms. The molecule has 0 spiro atoms. The molecule has 0 amide bonds. The summed E-state index contributed by atoms with van der Waals surface area (Å²) in [5, 5.41) is 0. The van der Waals surface area contributed by atoms with Crippen LogP contribution in [-0.2, 0) is 15.8 Å². The van der Waals surface area contributed by atoms with Crippen LogP contribution >= 0.6 is 0 Å². The lowest BCUT2D eigenvalue weighted by Gasteiger charge is -2.44. The minimum absolute atomic E-state index is 0.477. The van der Waals surface area contributed by atoms with Gasteiger partial charge in [0.1, 0.15) is 0 Å². The van der Waals surface area contributed by atoms with Gasteiger partial charge in [-0.15, -0.1) is 0 Å². The van der Waals surface area contributed by atoms with Crippen LogP contribution in [0.3, 0.4) is 0 Å². The Morgan fingerprint density at radius 2 is 0.775 bits per heavy atom. The zero-order valence-electron chi connectivity index (χ0n) is 20.9. The summed E-state index contributed by atoms with van der Waals surface area (Å²) in [6.45, 7) is 5.58. The molecule has 1 atom stereocenters. The lowest BCUT2D eigenvalue weighted by molar-refractivity contribution is -0.462. The summed E-state index contributed by atoms with van der Waals surface area (Å²) in [5.41, 5.74) is -3.32. The fourth-order valence-corrected chi connectivity index (χ4v) is 3.35. The van der Waals surface area contributed by atoms with Crippen LogP contribution in [-0.4, -0.2) is 54.7 Å². The van der Waals surface area contributed by atoms with Gasteiger partial charge < -0.3 is 4.74 Å². The number of hydrogen-bond acceptors (Lipinski definition) is 1. The third-order valence-corrected chi connectivity index (χ3v) is 6.16. The first-order valence-electron chi connectivity index (χ1n) is 10.6. The van der Waals surface area contributed by atoms with Gasteiger partial charge in [-0.1, -0.05) is 45.0 Å². The van der Waals surface area contributed by atoms with Gasteiger partial charge in [-0.05, 0) is 23.5 Å². The molecule has 40 heavy (non-hydrogen) atoms. The van der Waals surface area contributed by atoms with Crippen LogP contribution < -0.4 is 0 Å². The van der Waals surface area contributed by atoms with E-state index in [0.717, 1.165) is 12.1 Å². The van der Waals surface area contributed by atoms with E-state index >= 15 is 0 Å². The summed E-state index contributed by atoms with van der Waals surface area (Å²) in [7, 11) is 0.562. The number of benzene rings is 1. The molecule has 1 rings (SSSR count). The SMILES string of the molecule is COC(C)(CC(F)(F)C(F)(F)C(F)(F)C(F)(F)C(F)(F)C(F)(F)C(F)(F)C(F)(F)F)c1ccc(C(C)(C)C)cc1. The Morgan fingerprint density at radius 3 is 1.07 bits per heavy atom.